The zero-order valence-electron chi connectivity index (χ0n) is 15.6. The zero-order chi connectivity index (χ0) is 18.9. The van der Waals surface area contributed by atoms with Crippen molar-refractivity contribution in [3.8, 4) is 11.7 Å². The van der Waals surface area contributed by atoms with Gasteiger partial charge in [-0.2, -0.15) is 10.1 Å². The first-order valence-electron chi connectivity index (χ1n) is 9.46. The minimum Gasteiger partial charge on any atom is -0.451 e. The molecular formula is C20H20N6O2. The molecule has 5 heterocycles. The van der Waals surface area contributed by atoms with Gasteiger partial charge in [0.05, 0.1) is 5.69 Å². The molecule has 1 aliphatic rings. The van der Waals surface area contributed by atoms with Crippen molar-refractivity contribution in [1.29, 1.82) is 0 Å². The van der Waals surface area contributed by atoms with Crippen LogP contribution in [0.25, 0.3) is 22.6 Å². The van der Waals surface area contributed by atoms with E-state index in [2.05, 4.69) is 30.2 Å². The molecule has 1 aliphatic heterocycles. The van der Waals surface area contributed by atoms with Crippen LogP contribution in [-0.4, -0.2) is 38.4 Å². The van der Waals surface area contributed by atoms with Gasteiger partial charge in [-0.3, -0.25) is 4.98 Å². The Kier molecular flexibility index (Phi) is 4.23. The molecule has 1 fully saturated rings. The Balaban J connectivity index is 1.22. The largest absolute Gasteiger partial charge is 0.451 e. The number of furan rings is 1. The van der Waals surface area contributed by atoms with Crippen LogP contribution in [0, 0.1) is 12.8 Å². The van der Waals surface area contributed by atoms with Gasteiger partial charge in [-0.05, 0) is 49.9 Å². The molecule has 0 spiro atoms. The highest BCUT2D eigenvalue weighted by Gasteiger charge is 2.23. The van der Waals surface area contributed by atoms with Crippen molar-refractivity contribution < 1.29 is 8.94 Å². The van der Waals surface area contributed by atoms with Gasteiger partial charge in [0.1, 0.15) is 5.58 Å². The second-order valence-corrected chi connectivity index (χ2v) is 7.21. The molecule has 0 amide bonds. The lowest BCUT2D eigenvalue weighted by atomic mass is 9.93. The molecule has 0 atom stereocenters. The van der Waals surface area contributed by atoms with Crippen molar-refractivity contribution in [1.82, 2.24) is 25.3 Å². The third-order valence-electron chi connectivity index (χ3n) is 5.19. The summed E-state index contributed by atoms with van der Waals surface area (Å²) in [5.74, 6) is 3.19. The molecule has 142 valence electrons. The molecule has 1 saturated heterocycles. The van der Waals surface area contributed by atoms with E-state index in [-0.39, 0.29) is 0 Å². The number of hydrogen-bond acceptors (Lipinski definition) is 8. The van der Waals surface area contributed by atoms with Gasteiger partial charge in [0.2, 0.25) is 0 Å². The number of nitrogens with zero attached hydrogens (tertiary/aromatic N) is 6. The average molecular weight is 376 g/mol. The molecule has 0 bridgehead atoms. The number of rotatable bonds is 4. The van der Waals surface area contributed by atoms with Crippen LogP contribution in [0.15, 0.2) is 45.6 Å². The summed E-state index contributed by atoms with van der Waals surface area (Å²) in [5.41, 5.74) is 1.70. The lowest BCUT2D eigenvalue weighted by Gasteiger charge is -2.32. The Bertz CT molecular complexity index is 1050. The third-order valence-corrected chi connectivity index (χ3v) is 5.19. The summed E-state index contributed by atoms with van der Waals surface area (Å²) in [6, 6.07) is 7.74. The van der Waals surface area contributed by atoms with Crippen LogP contribution in [0.5, 0.6) is 0 Å². The van der Waals surface area contributed by atoms with Crippen LogP contribution in [0.4, 0.5) is 5.82 Å². The molecule has 0 N–H and O–H groups in total. The predicted molar refractivity (Wildman–Crippen MR) is 103 cm³/mol. The van der Waals surface area contributed by atoms with Gasteiger partial charge < -0.3 is 13.8 Å². The number of fused-ring (bicyclic) bond motifs is 1. The van der Waals surface area contributed by atoms with Gasteiger partial charge in [0, 0.05) is 37.3 Å². The molecule has 4 aromatic heterocycles. The molecule has 0 unspecified atom stereocenters. The highest BCUT2D eigenvalue weighted by molar-refractivity contribution is 5.80. The Labute approximate surface area is 161 Å². The molecule has 5 rings (SSSR count). The van der Waals surface area contributed by atoms with Crippen LogP contribution in [0.3, 0.4) is 0 Å². The summed E-state index contributed by atoms with van der Waals surface area (Å²) < 4.78 is 11.2. The van der Waals surface area contributed by atoms with Crippen molar-refractivity contribution >= 4 is 16.8 Å². The number of hydrogen-bond donors (Lipinski definition) is 0. The van der Waals surface area contributed by atoms with Gasteiger partial charge >= 0.3 is 0 Å². The Hall–Kier alpha value is -3.29. The van der Waals surface area contributed by atoms with Gasteiger partial charge in [0.25, 0.3) is 5.89 Å². The van der Waals surface area contributed by atoms with Crippen LogP contribution < -0.4 is 4.90 Å². The highest BCUT2D eigenvalue weighted by Crippen LogP contribution is 2.28. The first kappa shape index (κ1) is 16.9. The Morgan fingerprint density at radius 2 is 2.04 bits per heavy atom. The number of aromatic nitrogens is 5. The molecule has 8 heteroatoms. The van der Waals surface area contributed by atoms with E-state index in [1.54, 1.807) is 12.4 Å². The van der Waals surface area contributed by atoms with Crippen LogP contribution in [0.1, 0.15) is 24.4 Å². The summed E-state index contributed by atoms with van der Waals surface area (Å²) in [4.78, 5) is 10.9. The number of pyridine rings is 1. The molecular weight excluding hydrogens is 356 g/mol. The van der Waals surface area contributed by atoms with E-state index in [0.29, 0.717) is 17.6 Å². The number of anilines is 1. The fourth-order valence-electron chi connectivity index (χ4n) is 3.61. The molecule has 8 nitrogen and oxygen atoms in total. The summed E-state index contributed by atoms with van der Waals surface area (Å²) >= 11 is 0. The van der Waals surface area contributed by atoms with Crippen molar-refractivity contribution in [3.05, 3.63) is 48.2 Å². The van der Waals surface area contributed by atoms with Crippen LogP contribution in [-0.2, 0) is 6.42 Å². The summed E-state index contributed by atoms with van der Waals surface area (Å²) in [6.45, 7) is 3.87. The Morgan fingerprint density at radius 1 is 1.14 bits per heavy atom. The van der Waals surface area contributed by atoms with Gasteiger partial charge in [-0.15, -0.1) is 5.10 Å². The number of piperidine rings is 1. The second kappa shape index (κ2) is 7.03. The van der Waals surface area contributed by atoms with Crippen LogP contribution in [0.2, 0.25) is 0 Å². The van der Waals surface area contributed by atoms with E-state index in [0.717, 1.165) is 60.7 Å². The Morgan fingerprint density at radius 3 is 2.82 bits per heavy atom. The fourth-order valence-corrected chi connectivity index (χ4v) is 3.61. The smallest absolute Gasteiger partial charge is 0.293 e. The van der Waals surface area contributed by atoms with E-state index >= 15 is 0 Å². The van der Waals surface area contributed by atoms with Crippen molar-refractivity contribution in [2.24, 2.45) is 5.92 Å². The summed E-state index contributed by atoms with van der Waals surface area (Å²) in [6.07, 6.45) is 6.39. The average Bonchev–Trinajstić information content (AvgIpc) is 3.36. The fraction of sp³-hybridized carbons (Fsp3) is 0.350. The lowest BCUT2D eigenvalue weighted by Crippen LogP contribution is -2.35. The van der Waals surface area contributed by atoms with E-state index in [1.165, 1.54) is 0 Å². The minimum absolute atomic E-state index is 0.415. The summed E-state index contributed by atoms with van der Waals surface area (Å²) in [5, 5.41) is 13.5. The SMILES string of the molecule is Cc1ccc(N2CCC(Cc3noc(-c4cc5cnccc5o4)n3)CC2)nn1. The van der Waals surface area contributed by atoms with E-state index < -0.39 is 0 Å². The minimum atomic E-state index is 0.415. The van der Waals surface area contributed by atoms with Crippen molar-refractivity contribution in [3.63, 3.8) is 0 Å². The second-order valence-electron chi connectivity index (χ2n) is 7.21. The van der Waals surface area contributed by atoms with E-state index in [9.17, 15) is 0 Å². The van der Waals surface area contributed by atoms with E-state index in [4.69, 9.17) is 8.94 Å². The van der Waals surface area contributed by atoms with Gasteiger partial charge in [-0.1, -0.05) is 5.16 Å². The lowest BCUT2D eigenvalue weighted by molar-refractivity contribution is 0.375. The van der Waals surface area contributed by atoms with E-state index in [1.807, 2.05) is 31.2 Å². The maximum absolute atomic E-state index is 5.77. The standard InChI is InChI=1S/C20H20N6O2/c1-13-2-3-19(24-23-13)26-8-5-14(6-9-26)10-18-22-20(28-25-18)17-11-15-12-21-7-4-16(15)27-17/h2-4,7,11-12,14H,5-6,8-10H2,1H3. The topological polar surface area (TPSA) is 94.0 Å². The predicted octanol–water partition coefficient (Wildman–Crippen LogP) is 3.44. The first-order chi connectivity index (χ1) is 13.7. The highest BCUT2D eigenvalue weighted by atomic mass is 16.5. The molecule has 28 heavy (non-hydrogen) atoms. The van der Waals surface area contributed by atoms with Crippen molar-refractivity contribution in [2.75, 3.05) is 18.0 Å². The van der Waals surface area contributed by atoms with Crippen molar-refractivity contribution in [2.45, 2.75) is 26.2 Å². The molecule has 0 saturated carbocycles. The molecule has 4 aromatic rings. The maximum Gasteiger partial charge on any atom is 0.293 e. The molecule has 0 aromatic carbocycles. The quantitative estimate of drug-likeness (QED) is 0.535. The normalized spacial score (nSPS) is 15.4. The first-order valence-corrected chi connectivity index (χ1v) is 9.46. The van der Waals surface area contributed by atoms with Gasteiger partial charge in [0.15, 0.2) is 17.4 Å². The maximum atomic E-state index is 5.77. The molecule has 0 aliphatic carbocycles. The summed E-state index contributed by atoms with van der Waals surface area (Å²) in [7, 11) is 0. The number of aryl methyl sites for hydroxylation is 1. The van der Waals surface area contributed by atoms with Gasteiger partial charge in [-0.25, -0.2) is 0 Å². The third kappa shape index (κ3) is 3.33. The van der Waals surface area contributed by atoms with Crippen LogP contribution >= 0.6 is 0 Å². The zero-order valence-corrected chi connectivity index (χ0v) is 15.6. The monoisotopic (exact) mass is 376 g/mol. The molecule has 0 radical (unpaired) electrons.